The maximum atomic E-state index is 14.5. The molecule has 1 N–H and O–H groups in total. The average molecular weight is 627 g/mol. The van der Waals surface area contributed by atoms with Crippen LogP contribution >= 0.6 is 0 Å². The zero-order chi connectivity index (χ0) is 32.8. The molecule has 5 aromatic rings. The average Bonchev–Trinajstić information content (AvgIpc) is 3.12. The van der Waals surface area contributed by atoms with Gasteiger partial charge in [0, 0.05) is 54.2 Å². The number of fused-ring (bicyclic) bond motifs is 1. The Labute approximate surface area is 276 Å². The molecule has 0 bridgehead atoms. The highest BCUT2D eigenvalue weighted by atomic mass is 16.2. The van der Waals surface area contributed by atoms with Crippen LogP contribution in [-0.2, 0) is 11.3 Å². The molecule has 1 atom stereocenters. The van der Waals surface area contributed by atoms with Gasteiger partial charge < -0.3 is 10.2 Å². The maximum Gasteiger partial charge on any atom is 0.263 e. The molecule has 0 spiro atoms. The van der Waals surface area contributed by atoms with Crippen molar-refractivity contribution in [2.45, 2.75) is 58.2 Å². The first kappa shape index (κ1) is 32.0. The molecule has 47 heavy (non-hydrogen) atoms. The van der Waals surface area contributed by atoms with Crippen molar-refractivity contribution in [2.24, 2.45) is 0 Å². The van der Waals surface area contributed by atoms with Gasteiger partial charge in [-0.2, -0.15) is 0 Å². The summed E-state index contributed by atoms with van der Waals surface area (Å²) in [5, 5.41) is 4.47. The van der Waals surface area contributed by atoms with E-state index in [1.807, 2.05) is 121 Å². The van der Waals surface area contributed by atoms with Crippen molar-refractivity contribution in [1.29, 1.82) is 0 Å². The predicted molar refractivity (Wildman–Crippen MR) is 189 cm³/mol. The summed E-state index contributed by atoms with van der Waals surface area (Å²) in [6.07, 6.45) is 2.74. The van der Waals surface area contributed by atoms with E-state index in [4.69, 9.17) is 0 Å². The molecule has 240 valence electrons. The van der Waals surface area contributed by atoms with Crippen LogP contribution < -0.4 is 15.8 Å². The number of pyridine rings is 1. The zero-order valence-electron chi connectivity index (χ0n) is 27.1. The molecule has 7 heteroatoms. The van der Waals surface area contributed by atoms with Crippen LogP contribution in [0.3, 0.4) is 0 Å². The van der Waals surface area contributed by atoms with Gasteiger partial charge in [-0.1, -0.05) is 98.8 Å². The fourth-order valence-electron chi connectivity index (χ4n) is 6.85. The molecule has 1 aliphatic rings. The van der Waals surface area contributed by atoms with Gasteiger partial charge in [0.05, 0.1) is 17.3 Å². The third-order valence-electron chi connectivity index (χ3n) is 9.25. The van der Waals surface area contributed by atoms with E-state index in [2.05, 4.69) is 17.1 Å². The zero-order valence-corrected chi connectivity index (χ0v) is 27.1. The van der Waals surface area contributed by atoms with E-state index in [0.29, 0.717) is 35.0 Å². The number of hydrogen-bond donors (Lipinski definition) is 1. The first-order chi connectivity index (χ1) is 23.0. The summed E-state index contributed by atoms with van der Waals surface area (Å²) in [5.74, 6) is -0.0831. The molecule has 0 radical (unpaired) electrons. The number of anilines is 1. The van der Waals surface area contributed by atoms with Gasteiger partial charge in [0.1, 0.15) is 0 Å². The molecule has 1 aliphatic heterocycles. The van der Waals surface area contributed by atoms with Gasteiger partial charge in [-0.25, -0.2) is 0 Å². The van der Waals surface area contributed by atoms with E-state index >= 15 is 0 Å². The Morgan fingerprint density at radius 1 is 0.787 bits per heavy atom. The Morgan fingerprint density at radius 2 is 1.36 bits per heavy atom. The summed E-state index contributed by atoms with van der Waals surface area (Å²) in [6.45, 7) is 5.84. The monoisotopic (exact) mass is 626 g/mol. The second-order valence-electron chi connectivity index (χ2n) is 12.1. The van der Waals surface area contributed by atoms with Crippen LogP contribution in [0, 0.1) is 0 Å². The molecule has 2 amide bonds. The van der Waals surface area contributed by atoms with Crippen LogP contribution in [0.1, 0.15) is 67.2 Å². The molecular formula is C40H42N4O3. The molecule has 1 saturated heterocycles. The van der Waals surface area contributed by atoms with Crippen molar-refractivity contribution in [1.82, 2.24) is 14.8 Å². The normalized spacial score (nSPS) is 14.5. The summed E-state index contributed by atoms with van der Waals surface area (Å²) in [7, 11) is 0. The number of rotatable bonds is 10. The van der Waals surface area contributed by atoms with Crippen molar-refractivity contribution in [2.75, 3.05) is 18.0 Å². The van der Waals surface area contributed by atoms with Gasteiger partial charge in [0.2, 0.25) is 5.91 Å². The Bertz CT molecular complexity index is 1880. The largest absolute Gasteiger partial charge is 0.345 e. The summed E-state index contributed by atoms with van der Waals surface area (Å²) in [5.41, 5.74) is 3.73. The second-order valence-corrected chi connectivity index (χ2v) is 12.1. The lowest BCUT2D eigenvalue weighted by atomic mass is 9.98. The Kier molecular flexibility index (Phi) is 9.93. The van der Waals surface area contributed by atoms with Gasteiger partial charge in [-0.3, -0.25) is 23.9 Å². The number of para-hydroxylation sites is 2. The van der Waals surface area contributed by atoms with E-state index in [0.717, 1.165) is 49.3 Å². The SMILES string of the molecule is CCC(=O)N(c1ccccc1)C1CCN(Cc2c(C(=O)N[C@@H](CC)c3ccccc3)c3ccccc3c(=O)n2-c2ccccc2)CC1. The van der Waals surface area contributed by atoms with Crippen molar-refractivity contribution >= 4 is 28.3 Å². The van der Waals surface area contributed by atoms with E-state index in [1.54, 1.807) is 10.6 Å². The lowest BCUT2D eigenvalue weighted by Crippen LogP contribution is -2.47. The number of benzene rings is 4. The van der Waals surface area contributed by atoms with Gasteiger partial charge in [-0.15, -0.1) is 0 Å². The molecule has 4 aromatic carbocycles. The molecular weight excluding hydrogens is 584 g/mol. The lowest BCUT2D eigenvalue weighted by molar-refractivity contribution is -0.119. The van der Waals surface area contributed by atoms with Crippen LogP contribution in [0.2, 0.25) is 0 Å². The first-order valence-electron chi connectivity index (χ1n) is 16.7. The fourth-order valence-corrected chi connectivity index (χ4v) is 6.85. The minimum Gasteiger partial charge on any atom is -0.345 e. The molecule has 1 aromatic heterocycles. The quantitative estimate of drug-likeness (QED) is 0.177. The number of hydrogen-bond acceptors (Lipinski definition) is 4. The topological polar surface area (TPSA) is 74.7 Å². The number of amides is 2. The van der Waals surface area contributed by atoms with Gasteiger partial charge >= 0.3 is 0 Å². The Morgan fingerprint density at radius 3 is 1.98 bits per heavy atom. The maximum absolute atomic E-state index is 14.5. The van der Waals surface area contributed by atoms with E-state index in [1.165, 1.54) is 0 Å². The molecule has 6 rings (SSSR count). The van der Waals surface area contributed by atoms with Crippen LogP contribution in [-0.4, -0.2) is 40.4 Å². The van der Waals surface area contributed by atoms with E-state index in [9.17, 15) is 14.4 Å². The van der Waals surface area contributed by atoms with Gasteiger partial charge in [0.25, 0.3) is 11.5 Å². The number of likely N-dealkylation sites (tertiary alicyclic amines) is 1. The number of carbonyl (C=O) groups is 2. The van der Waals surface area contributed by atoms with Crippen molar-refractivity contribution in [3.63, 3.8) is 0 Å². The van der Waals surface area contributed by atoms with Crippen LogP contribution in [0.4, 0.5) is 5.69 Å². The first-order valence-corrected chi connectivity index (χ1v) is 16.7. The van der Waals surface area contributed by atoms with Crippen LogP contribution in [0.25, 0.3) is 16.5 Å². The van der Waals surface area contributed by atoms with Crippen molar-refractivity contribution < 1.29 is 9.59 Å². The van der Waals surface area contributed by atoms with Crippen LogP contribution in [0.15, 0.2) is 120 Å². The third kappa shape index (κ3) is 6.76. The number of aromatic nitrogens is 1. The number of carbonyl (C=O) groups excluding carboxylic acids is 2. The second kappa shape index (κ2) is 14.6. The van der Waals surface area contributed by atoms with Crippen LogP contribution in [0.5, 0.6) is 0 Å². The minimum atomic E-state index is -0.199. The highest BCUT2D eigenvalue weighted by molar-refractivity contribution is 6.08. The summed E-state index contributed by atoms with van der Waals surface area (Å²) >= 11 is 0. The predicted octanol–water partition coefficient (Wildman–Crippen LogP) is 7.28. The molecule has 2 heterocycles. The molecule has 0 aliphatic carbocycles. The minimum absolute atomic E-state index is 0.0768. The highest BCUT2D eigenvalue weighted by Crippen LogP contribution is 2.29. The van der Waals surface area contributed by atoms with Crippen molar-refractivity contribution in [3.8, 4) is 5.69 Å². The summed E-state index contributed by atoms with van der Waals surface area (Å²) in [4.78, 5) is 46.1. The molecule has 1 fully saturated rings. The fraction of sp³-hybridized carbons (Fsp3) is 0.275. The third-order valence-corrected chi connectivity index (χ3v) is 9.25. The molecule has 0 saturated carbocycles. The van der Waals surface area contributed by atoms with E-state index < -0.39 is 0 Å². The molecule has 7 nitrogen and oxygen atoms in total. The Balaban J connectivity index is 1.39. The summed E-state index contributed by atoms with van der Waals surface area (Å²) < 4.78 is 1.73. The number of nitrogens with zero attached hydrogens (tertiary/aromatic N) is 3. The van der Waals surface area contributed by atoms with Crippen molar-refractivity contribution in [3.05, 3.63) is 142 Å². The smallest absolute Gasteiger partial charge is 0.263 e. The highest BCUT2D eigenvalue weighted by Gasteiger charge is 2.31. The molecule has 0 unspecified atom stereocenters. The van der Waals surface area contributed by atoms with E-state index in [-0.39, 0.29) is 29.5 Å². The standard InChI is InChI=1S/C40H42N4O3/c1-3-35(29-16-8-5-9-17-29)41-39(46)38-33-22-14-15-23-34(33)40(47)44(31-20-12-7-13-21-31)36(38)28-42-26-24-32(25-27-42)43(37(45)4-2)30-18-10-6-11-19-30/h5-23,32,35H,3-4,24-28H2,1-2H3,(H,41,46)/t35-/m0/s1. The Hall–Kier alpha value is -5.01. The number of piperidine rings is 1. The number of nitrogens with one attached hydrogen (secondary N) is 1. The summed E-state index contributed by atoms with van der Waals surface area (Å²) in [6, 6.07) is 36.8. The lowest BCUT2D eigenvalue weighted by Gasteiger charge is -2.39. The van der Waals surface area contributed by atoms with Gasteiger partial charge in [-0.05, 0) is 55.2 Å². The van der Waals surface area contributed by atoms with Gasteiger partial charge in [0.15, 0.2) is 0 Å².